The first-order valence-corrected chi connectivity index (χ1v) is 6.08. The Morgan fingerprint density at radius 1 is 1.40 bits per heavy atom. The van der Waals surface area contributed by atoms with Gasteiger partial charge in [-0.25, -0.2) is 4.98 Å². The minimum atomic E-state index is 0.738. The van der Waals surface area contributed by atoms with E-state index in [0.29, 0.717) is 0 Å². The van der Waals surface area contributed by atoms with Crippen LogP contribution in [0.1, 0.15) is 43.8 Å². The second-order valence-corrected chi connectivity index (χ2v) is 5.03. The molecule has 2 aliphatic rings. The average Bonchev–Trinajstić information content (AvgIpc) is 2.82. The summed E-state index contributed by atoms with van der Waals surface area (Å²) in [5.41, 5.74) is 1.48. The molecule has 2 fully saturated rings. The Bertz CT molecular complexity index is 338. The van der Waals surface area contributed by atoms with Crippen molar-refractivity contribution < 1.29 is 0 Å². The van der Waals surface area contributed by atoms with Gasteiger partial charge in [-0.3, -0.25) is 0 Å². The van der Waals surface area contributed by atoms with Gasteiger partial charge in [-0.15, -0.1) is 0 Å². The highest BCUT2D eigenvalue weighted by Gasteiger charge is 2.36. The van der Waals surface area contributed by atoms with Crippen molar-refractivity contribution in [3.05, 3.63) is 18.2 Å². The van der Waals surface area contributed by atoms with Gasteiger partial charge in [0.25, 0.3) is 0 Å². The highest BCUT2D eigenvalue weighted by molar-refractivity contribution is 5.11. The second kappa shape index (κ2) is 3.63. The zero-order valence-electron chi connectivity index (χ0n) is 9.32. The molecule has 0 amide bonds. The summed E-state index contributed by atoms with van der Waals surface area (Å²) in [6.07, 6.45) is 8.00. The van der Waals surface area contributed by atoms with Gasteiger partial charge in [-0.05, 0) is 38.3 Å². The fraction of sp³-hybridized carbons (Fsp3) is 0.750. The summed E-state index contributed by atoms with van der Waals surface area (Å²) >= 11 is 0. The highest BCUT2D eigenvalue weighted by Crippen LogP contribution is 2.44. The van der Waals surface area contributed by atoms with E-state index in [1.165, 1.54) is 25.0 Å². The largest absolute Gasteiger partial charge is 0.331 e. The molecule has 1 saturated heterocycles. The Kier molecular flexibility index (Phi) is 2.28. The third-order valence-electron chi connectivity index (χ3n) is 3.88. The number of hydrogen-bond acceptors (Lipinski definition) is 2. The molecule has 0 bridgehead atoms. The number of aromatic nitrogens is 2. The van der Waals surface area contributed by atoms with Crippen LogP contribution in [0, 0.1) is 5.92 Å². The Hall–Kier alpha value is -0.830. The average molecular weight is 205 g/mol. The Labute approximate surface area is 90.9 Å². The minimum absolute atomic E-state index is 0.738. The molecule has 0 aromatic carbocycles. The van der Waals surface area contributed by atoms with Crippen LogP contribution in [-0.4, -0.2) is 22.6 Å². The van der Waals surface area contributed by atoms with Crippen molar-refractivity contribution >= 4 is 0 Å². The molecule has 82 valence electrons. The van der Waals surface area contributed by atoms with Crippen molar-refractivity contribution in [1.82, 2.24) is 14.9 Å². The van der Waals surface area contributed by atoms with E-state index in [-0.39, 0.29) is 0 Å². The SMILES string of the molecule is CC1CC1n1cncc1C1CCNCC1. The lowest BCUT2D eigenvalue weighted by Gasteiger charge is -2.23. The maximum Gasteiger partial charge on any atom is 0.0950 e. The normalized spacial score (nSPS) is 31.8. The summed E-state index contributed by atoms with van der Waals surface area (Å²) in [5.74, 6) is 1.60. The maximum absolute atomic E-state index is 4.34. The molecule has 3 heteroatoms. The van der Waals surface area contributed by atoms with Gasteiger partial charge in [-0.1, -0.05) is 6.92 Å². The van der Waals surface area contributed by atoms with E-state index in [1.54, 1.807) is 0 Å². The molecule has 1 aromatic rings. The molecule has 1 aliphatic heterocycles. The lowest BCUT2D eigenvalue weighted by molar-refractivity contribution is 0.437. The van der Waals surface area contributed by atoms with Crippen LogP contribution >= 0.6 is 0 Å². The third kappa shape index (κ3) is 1.69. The van der Waals surface area contributed by atoms with Gasteiger partial charge >= 0.3 is 0 Å². The first-order chi connectivity index (χ1) is 7.36. The predicted octanol–water partition coefficient (Wildman–Crippen LogP) is 1.93. The number of nitrogens with zero attached hydrogens (tertiary/aromatic N) is 2. The van der Waals surface area contributed by atoms with Crippen molar-refractivity contribution in [2.24, 2.45) is 5.92 Å². The molecule has 1 saturated carbocycles. The molecule has 2 heterocycles. The van der Waals surface area contributed by atoms with Crippen LogP contribution < -0.4 is 5.32 Å². The van der Waals surface area contributed by atoms with E-state index < -0.39 is 0 Å². The molecule has 1 aromatic heterocycles. The molecular weight excluding hydrogens is 186 g/mol. The molecule has 1 N–H and O–H groups in total. The molecule has 0 spiro atoms. The van der Waals surface area contributed by atoms with Crippen molar-refractivity contribution in [3.63, 3.8) is 0 Å². The topological polar surface area (TPSA) is 29.9 Å². The van der Waals surface area contributed by atoms with Crippen molar-refractivity contribution in [2.45, 2.75) is 38.1 Å². The van der Waals surface area contributed by atoms with Crippen LogP contribution in [0.2, 0.25) is 0 Å². The summed E-state index contributed by atoms with van der Waals surface area (Å²) in [4.78, 5) is 4.34. The van der Waals surface area contributed by atoms with Crippen LogP contribution in [0.5, 0.6) is 0 Å². The van der Waals surface area contributed by atoms with Gasteiger partial charge in [0.1, 0.15) is 0 Å². The molecular formula is C12H19N3. The quantitative estimate of drug-likeness (QED) is 0.799. The molecule has 3 rings (SSSR count). The predicted molar refractivity (Wildman–Crippen MR) is 59.9 cm³/mol. The summed E-state index contributed by atoms with van der Waals surface area (Å²) in [5, 5.41) is 3.42. The molecule has 3 nitrogen and oxygen atoms in total. The smallest absolute Gasteiger partial charge is 0.0950 e. The van der Waals surface area contributed by atoms with Gasteiger partial charge in [0.15, 0.2) is 0 Å². The Balaban J connectivity index is 1.81. The first kappa shape index (κ1) is 9.40. The van der Waals surface area contributed by atoms with Crippen LogP contribution in [-0.2, 0) is 0 Å². The van der Waals surface area contributed by atoms with Crippen LogP contribution in [0.25, 0.3) is 0 Å². The summed E-state index contributed by atoms with van der Waals surface area (Å²) in [6, 6.07) is 0.748. The lowest BCUT2D eigenvalue weighted by atomic mass is 9.95. The zero-order chi connectivity index (χ0) is 10.3. The van der Waals surface area contributed by atoms with Crippen molar-refractivity contribution in [1.29, 1.82) is 0 Å². The Morgan fingerprint density at radius 2 is 2.13 bits per heavy atom. The molecule has 0 radical (unpaired) electrons. The highest BCUT2D eigenvalue weighted by atomic mass is 15.1. The summed E-state index contributed by atoms with van der Waals surface area (Å²) in [7, 11) is 0. The van der Waals surface area contributed by atoms with Crippen LogP contribution in [0.15, 0.2) is 12.5 Å². The number of hydrogen-bond donors (Lipinski definition) is 1. The van der Waals surface area contributed by atoms with Crippen LogP contribution in [0.3, 0.4) is 0 Å². The molecule has 1 aliphatic carbocycles. The molecule has 15 heavy (non-hydrogen) atoms. The van der Waals surface area contributed by atoms with E-state index in [2.05, 4.69) is 28.0 Å². The van der Waals surface area contributed by atoms with E-state index in [0.717, 1.165) is 31.0 Å². The second-order valence-electron chi connectivity index (χ2n) is 5.03. The van der Waals surface area contributed by atoms with Crippen molar-refractivity contribution in [2.75, 3.05) is 13.1 Å². The van der Waals surface area contributed by atoms with Crippen LogP contribution in [0.4, 0.5) is 0 Å². The van der Waals surface area contributed by atoms with Gasteiger partial charge in [-0.2, -0.15) is 0 Å². The minimum Gasteiger partial charge on any atom is -0.331 e. The van der Waals surface area contributed by atoms with E-state index in [4.69, 9.17) is 0 Å². The monoisotopic (exact) mass is 205 g/mol. The molecule has 2 unspecified atom stereocenters. The first-order valence-electron chi connectivity index (χ1n) is 6.08. The number of rotatable bonds is 2. The maximum atomic E-state index is 4.34. The fourth-order valence-corrected chi connectivity index (χ4v) is 2.72. The fourth-order valence-electron chi connectivity index (χ4n) is 2.72. The van der Waals surface area contributed by atoms with Crippen molar-refractivity contribution in [3.8, 4) is 0 Å². The van der Waals surface area contributed by atoms with Gasteiger partial charge < -0.3 is 9.88 Å². The van der Waals surface area contributed by atoms with Gasteiger partial charge in [0, 0.05) is 23.9 Å². The van der Waals surface area contributed by atoms with E-state index >= 15 is 0 Å². The number of imidazole rings is 1. The van der Waals surface area contributed by atoms with Gasteiger partial charge in [0.05, 0.1) is 6.33 Å². The summed E-state index contributed by atoms with van der Waals surface area (Å²) in [6.45, 7) is 4.66. The zero-order valence-corrected chi connectivity index (χ0v) is 9.32. The number of piperidine rings is 1. The van der Waals surface area contributed by atoms with Gasteiger partial charge in [0.2, 0.25) is 0 Å². The number of nitrogens with one attached hydrogen (secondary N) is 1. The Morgan fingerprint density at radius 3 is 2.80 bits per heavy atom. The van der Waals surface area contributed by atoms with E-state index in [1.807, 2.05) is 6.33 Å². The standard InChI is InChI=1S/C12H19N3/c1-9-6-11(9)15-8-14-7-12(15)10-2-4-13-5-3-10/h7-11,13H,2-6H2,1H3. The molecule has 2 atom stereocenters. The lowest BCUT2D eigenvalue weighted by Crippen LogP contribution is -2.27. The summed E-state index contributed by atoms with van der Waals surface area (Å²) < 4.78 is 2.43. The van der Waals surface area contributed by atoms with E-state index in [9.17, 15) is 0 Å². The third-order valence-corrected chi connectivity index (χ3v) is 3.88.